The smallest absolute Gasteiger partial charge is 0.358 e. The minimum absolute atomic E-state index is 0.0187. The van der Waals surface area contributed by atoms with Crippen molar-refractivity contribution in [3.05, 3.63) is 84.7 Å². The molecule has 0 N–H and O–H groups in total. The number of carbonyl (C=O) groups is 1. The van der Waals surface area contributed by atoms with Gasteiger partial charge in [0.25, 0.3) is 5.56 Å². The standard InChI is InChI=1S/C24H25BrClN3O3/c1-4-32-23(31)20-21(29(18-9-10-18)24(25)27-20)19(16-5-7-17(26)8-6-16)12-15-11-14(2)22(30)28(3)13-15/h5-8,11,13,18-19H,4,9-10,12H2,1-3H3. The highest BCUT2D eigenvalue weighted by Crippen LogP contribution is 2.43. The van der Waals surface area contributed by atoms with Crippen LogP contribution in [0.3, 0.4) is 0 Å². The van der Waals surface area contributed by atoms with E-state index in [-0.39, 0.29) is 18.1 Å². The summed E-state index contributed by atoms with van der Waals surface area (Å²) in [6.45, 7) is 3.88. The molecule has 1 atom stereocenters. The van der Waals surface area contributed by atoms with Crippen LogP contribution in [0.2, 0.25) is 5.02 Å². The normalized spacial score (nSPS) is 14.4. The number of imidazole rings is 1. The average Bonchev–Trinajstić information content (AvgIpc) is 3.53. The molecule has 32 heavy (non-hydrogen) atoms. The van der Waals surface area contributed by atoms with E-state index < -0.39 is 5.97 Å². The lowest BCUT2D eigenvalue weighted by Gasteiger charge is -2.22. The summed E-state index contributed by atoms with van der Waals surface area (Å²) in [7, 11) is 1.76. The lowest BCUT2D eigenvalue weighted by molar-refractivity contribution is 0.0518. The molecule has 2 heterocycles. The van der Waals surface area contributed by atoms with Crippen molar-refractivity contribution in [1.29, 1.82) is 0 Å². The summed E-state index contributed by atoms with van der Waals surface area (Å²) in [6, 6.07) is 9.89. The number of hydrogen-bond acceptors (Lipinski definition) is 4. The van der Waals surface area contributed by atoms with Gasteiger partial charge in [-0.1, -0.05) is 23.7 Å². The quantitative estimate of drug-likeness (QED) is 0.404. The maximum absolute atomic E-state index is 12.9. The molecule has 0 amide bonds. The second kappa shape index (κ2) is 9.24. The summed E-state index contributed by atoms with van der Waals surface area (Å²) in [4.78, 5) is 29.7. The number of carbonyl (C=O) groups excluding carboxylic acids is 1. The van der Waals surface area contributed by atoms with Crippen molar-refractivity contribution < 1.29 is 9.53 Å². The number of nitrogens with zero attached hydrogens (tertiary/aromatic N) is 3. The molecule has 2 aromatic heterocycles. The van der Waals surface area contributed by atoms with Crippen LogP contribution >= 0.6 is 27.5 Å². The third-order valence-electron chi connectivity index (χ3n) is 5.75. The number of ether oxygens (including phenoxy) is 1. The third kappa shape index (κ3) is 4.55. The first-order valence-electron chi connectivity index (χ1n) is 10.7. The van der Waals surface area contributed by atoms with E-state index >= 15 is 0 Å². The first-order valence-corrected chi connectivity index (χ1v) is 11.8. The van der Waals surface area contributed by atoms with Gasteiger partial charge in [0.15, 0.2) is 10.4 Å². The summed E-state index contributed by atoms with van der Waals surface area (Å²) in [6.07, 6.45) is 4.52. The Morgan fingerprint density at radius 1 is 1.31 bits per heavy atom. The highest BCUT2D eigenvalue weighted by molar-refractivity contribution is 9.10. The fourth-order valence-corrected chi connectivity index (χ4v) is 4.94. The summed E-state index contributed by atoms with van der Waals surface area (Å²) in [5, 5.41) is 0.646. The second-order valence-electron chi connectivity index (χ2n) is 8.19. The molecule has 1 aromatic carbocycles. The Morgan fingerprint density at radius 2 is 2.00 bits per heavy atom. The lowest BCUT2D eigenvalue weighted by Crippen LogP contribution is -2.21. The Labute approximate surface area is 200 Å². The number of esters is 1. The summed E-state index contributed by atoms with van der Waals surface area (Å²) in [5.74, 6) is -0.610. The molecule has 0 aliphatic heterocycles. The zero-order valence-electron chi connectivity index (χ0n) is 18.3. The van der Waals surface area contributed by atoms with E-state index in [0.29, 0.717) is 33.5 Å². The van der Waals surface area contributed by atoms with E-state index in [1.807, 2.05) is 43.5 Å². The molecule has 6 nitrogen and oxygen atoms in total. The number of aryl methyl sites for hydroxylation is 2. The van der Waals surface area contributed by atoms with Crippen molar-refractivity contribution in [1.82, 2.24) is 14.1 Å². The van der Waals surface area contributed by atoms with Gasteiger partial charge in [-0.3, -0.25) is 4.79 Å². The Bertz CT molecular complexity index is 1190. The number of halogens is 2. The van der Waals surface area contributed by atoms with Crippen LogP contribution in [0.1, 0.15) is 64.6 Å². The predicted octanol–water partition coefficient (Wildman–Crippen LogP) is 5.19. The minimum Gasteiger partial charge on any atom is -0.461 e. The summed E-state index contributed by atoms with van der Waals surface area (Å²) in [5.41, 5.74) is 3.83. The Kier molecular flexibility index (Phi) is 6.58. The van der Waals surface area contributed by atoms with Crippen molar-refractivity contribution in [2.45, 2.75) is 45.1 Å². The fourth-order valence-electron chi connectivity index (χ4n) is 4.16. The molecule has 0 bridgehead atoms. The van der Waals surface area contributed by atoms with E-state index in [1.54, 1.807) is 18.5 Å². The van der Waals surface area contributed by atoms with Crippen LogP contribution in [0.15, 0.2) is 46.1 Å². The molecule has 1 saturated carbocycles. The van der Waals surface area contributed by atoms with Crippen LogP contribution in [0.4, 0.5) is 0 Å². The van der Waals surface area contributed by atoms with Crippen LogP contribution in [0.25, 0.3) is 0 Å². The van der Waals surface area contributed by atoms with Gasteiger partial charge in [-0.15, -0.1) is 0 Å². The SMILES string of the molecule is CCOC(=O)c1nc(Br)n(C2CC2)c1C(Cc1cc(C)c(=O)n(C)c1)c1ccc(Cl)cc1. The fraction of sp³-hybridized carbons (Fsp3) is 0.375. The number of hydrogen-bond donors (Lipinski definition) is 0. The van der Waals surface area contributed by atoms with Crippen LogP contribution in [-0.4, -0.2) is 26.7 Å². The van der Waals surface area contributed by atoms with Gasteiger partial charge in [0, 0.05) is 35.8 Å². The summed E-state index contributed by atoms with van der Waals surface area (Å²) < 4.78 is 9.70. The van der Waals surface area contributed by atoms with Gasteiger partial charge in [-0.05, 0) is 78.4 Å². The van der Waals surface area contributed by atoms with E-state index in [0.717, 1.165) is 29.7 Å². The van der Waals surface area contributed by atoms with Crippen molar-refractivity contribution in [2.75, 3.05) is 6.61 Å². The van der Waals surface area contributed by atoms with Crippen LogP contribution in [0.5, 0.6) is 0 Å². The van der Waals surface area contributed by atoms with Gasteiger partial charge in [0.05, 0.1) is 12.3 Å². The van der Waals surface area contributed by atoms with E-state index in [2.05, 4.69) is 25.5 Å². The molecule has 0 radical (unpaired) electrons. The molecule has 0 spiro atoms. The topological polar surface area (TPSA) is 66.1 Å². The monoisotopic (exact) mass is 517 g/mol. The highest BCUT2D eigenvalue weighted by Gasteiger charge is 2.36. The Balaban J connectivity index is 1.90. The second-order valence-corrected chi connectivity index (χ2v) is 9.34. The molecule has 1 aliphatic carbocycles. The molecule has 3 aromatic rings. The molecule has 1 aliphatic rings. The lowest BCUT2D eigenvalue weighted by atomic mass is 9.88. The molecule has 1 fully saturated rings. The molecule has 8 heteroatoms. The van der Waals surface area contributed by atoms with Crippen molar-refractivity contribution >= 4 is 33.5 Å². The van der Waals surface area contributed by atoms with Crippen LogP contribution in [0, 0.1) is 6.92 Å². The highest BCUT2D eigenvalue weighted by atomic mass is 79.9. The van der Waals surface area contributed by atoms with E-state index in [1.165, 1.54) is 0 Å². The van der Waals surface area contributed by atoms with E-state index in [4.69, 9.17) is 16.3 Å². The van der Waals surface area contributed by atoms with Gasteiger partial charge >= 0.3 is 5.97 Å². The first kappa shape index (κ1) is 22.8. The largest absolute Gasteiger partial charge is 0.461 e. The Hall–Kier alpha value is -2.38. The maximum Gasteiger partial charge on any atom is 0.358 e. The van der Waals surface area contributed by atoms with Gasteiger partial charge in [-0.25, -0.2) is 9.78 Å². The van der Waals surface area contributed by atoms with Gasteiger partial charge in [0.1, 0.15) is 0 Å². The van der Waals surface area contributed by atoms with Crippen molar-refractivity contribution in [2.24, 2.45) is 7.05 Å². The molecule has 1 unspecified atom stereocenters. The molecule has 168 valence electrons. The zero-order valence-corrected chi connectivity index (χ0v) is 20.6. The minimum atomic E-state index is -0.432. The van der Waals surface area contributed by atoms with Crippen LogP contribution in [-0.2, 0) is 18.2 Å². The number of rotatable bonds is 7. The molecule has 0 saturated heterocycles. The first-order chi connectivity index (χ1) is 15.3. The molecule has 4 rings (SSSR count). The predicted molar refractivity (Wildman–Crippen MR) is 128 cm³/mol. The van der Waals surface area contributed by atoms with Crippen molar-refractivity contribution in [3.63, 3.8) is 0 Å². The third-order valence-corrected chi connectivity index (χ3v) is 6.56. The molecular formula is C24H25BrClN3O3. The zero-order chi connectivity index (χ0) is 23.0. The van der Waals surface area contributed by atoms with Crippen LogP contribution < -0.4 is 5.56 Å². The average molecular weight is 519 g/mol. The van der Waals surface area contributed by atoms with Gasteiger partial charge < -0.3 is 13.9 Å². The van der Waals surface area contributed by atoms with E-state index in [9.17, 15) is 9.59 Å². The maximum atomic E-state index is 12.9. The number of benzene rings is 1. The molecular weight excluding hydrogens is 494 g/mol. The number of aromatic nitrogens is 3. The number of pyridine rings is 1. The van der Waals surface area contributed by atoms with Gasteiger partial charge in [-0.2, -0.15) is 0 Å². The summed E-state index contributed by atoms with van der Waals surface area (Å²) >= 11 is 9.74. The Morgan fingerprint density at radius 3 is 2.59 bits per heavy atom. The van der Waals surface area contributed by atoms with Crippen molar-refractivity contribution in [3.8, 4) is 0 Å². The van der Waals surface area contributed by atoms with Gasteiger partial charge in [0.2, 0.25) is 0 Å².